The van der Waals surface area contributed by atoms with E-state index in [0.717, 1.165) is 11.4 Å². The number of nitrogens with zero attached hydrogens (tertiary/aromatic N) is 3. The number of hydrogen-bond acceptors (Lipinski definition) is 3. The maximum Gasteiger partial charge on any atom is 0.181 e. The van der Waals surface area contributed by atoms with Gasteiger partial charge in [-0.05, 0) is 11.1 Å². The van der Waals surface area contributed by atoms with E-state index < -0.39 is 0 Å². The largest absolute Gasteiger partial charge is 0.324 e. The van der Waals surface area contributed by atoms with E-state index in [1.54, 1.807) is 4.68 Å². The highest BCUT2D eigenvalue weighted by atomic mass is 15.3. The first-order chi connectivity index (χ1) is 9.78. The van der Waals surface area contributed by atoms with E-state index in [1.807, 2.05) is 37.4 Å². The van der Waals surface area contributed by atoms with Crippen LogP contribution in [0.25, 0.3) is 22.5 Å². The lowest BCUT2D eigenvalue weighted by atomic mass is 10.0. The Balaban J connectivity index is 1.93. The smallest absolute Gasteiger partial charge is 0.181 e. The maximum atomic E-state index is 5.62. The molecule has 0 atom stereocenters. The van der Waals surface area contributed by atoms with Crippen molar-refractivity contribution in [2.24, 2.45) is 12.8 Å². The predicted molar refractivity (Wildman–Crippen MR) is 79.8 cm³/mol. The molecule has 0 saturated carbocycles. The molecule has 100 valence electrons. The molecule has 0 saturated heterocycles. The van der Waals surface area contributed by atoms with Crippen molar-refractivity contribution in [3.8, 4) is 22.5 Å². The standard InChI is InChI=1S/C16H16N4/c1-20-15(11-17)18-16(19-20)14-9-7-13(8-10-14)12-5-3-2-4-6-12/h2-10H,11,17H2,1H3. The van der Waals surface area contributed by atoms with Gasteiger partial charge in [0.05, 0.1) is 6.54 Å². The molecule has 0 amide bonds. The fourth-order valence-corrected chi connectivity index (χ4v) is 2.16. The summed E-state index contributed by atoms with van der Waals surface area (Å²) in [5, 5.41) is 4.38. The van der Waals surface area contributed by atoms with E-state index in [4.69, 9.17) is 5.73 Å². The zero-order valence-electron chi connectivity index (χ0n) is 11.3. The van der Waals surface area contributed by atoms with Crippen molar-refractivity contribution in [2.45, 2.75) is 6.54 Å². The van der Waals surface area contributed by atoms with E-state index in [0.29, 0.717) is 12.4 Å². The molecule has 0 unspecified atom stereocenters. The van der Waals surface area contributed by atoms with Gasteiger partial charge in [-0.3, -0.25) is 4.68 Å². The summed E-state index contributed by atoms with van der Waals surface area (Å²) in [7, 11) is 1.86. The quantitative estimate of drug-likeness (QED) is 0.791. The summed E-state index contributed by atoms with van der Waals surface area (Å²) >= 11 is 0. The second-order valence-corrected chi connectivity index (χ2v) is 4.62. The molecule has 4 nitrogen and oxygen atoms in total. The first kappa shape index (κ1) is 12.6. The van der Waals surface area contributed by atoms with Crippen molar-refractivity contribution in [1.82, 2.24) is 14.8 Å². The van der Waals surface area contributed by atoms with Crippen molar-refractivity contribution in [3.63, 3.8) is 0 Å². The Morgan fingerprint density at radius 1 is 0.900 bits per heavy atom. The Hall–Kier alpha value is -2.46. The van der Waals surface area contributed by atoms with Gasteiger partial charge in [-0.2, -0.15) is 5.10 Å². The van der Waals surface area contributed by atoms with Crippen LogP contribution in [0.1, 0.15) is 5.82 Å². The third-order valence-corrected chi connectivity index (χ3v) is 3.29. The van der Waals surface area contributed by atoms with E-state index in [1.165, 1.54) is 11.1 Å². The van der Waals surface area contributed by atoms with Crippen molar-refractivity contribution in [1.29, 1.82) is 0 Å². The summed E-state index contributed by atoms with van der Waals surface area (Å²) in [6, 6.07) is 18.5. The second kappa shape index (κ2) is 5.27. The van der Waals surface area contributed by atoms with Crippen LogP contribution in [0.15, 0.2) is 54.6 Å². The van der Waals surface area contributed by atoms with Crippen molar-refractivity contribution >= 4 is 0 Å². The van der Waals surface area contributed by atoms with Crippen molar-refractivity contribution in [2.75, 3.05) is 0 Å². The van der Waals surface area contributed by atoms with Crippen LogP contribution in [0.4, 0.5) is 0 Å². The van der Waals surface area contributed by atoms with Gasteiger partial charge in [-0.1, -0.05) is 54.6 Å². The summed E-state index contributed by atoms with van der Waals surface area (Å²) in [5.74, 6) is 1.50. The Morgan fingerprint density at radius 3 is 2.10 bits per heavy atom. The monoisotopic (exact) mass is 264 g/mol. The van der Waals surface area contributed by atoms with Gasteiger partial charge >= 0.3 is 0 Å². The van der Waals surface area contributed by atoms with Gasteiger partial charge in [0.15, 0.2) is 5.82 Å². The van der Waals surface area contributed by atoms with Crippen LogP contribution in [0.2, 0.25) is 0 Å². The lowest BCUT2D eigenvalue weighted by Crippen LogP contribution is -2.05. The van der Waals surface area contributed by atoms with E-state index in [-0.39, 0.29) is 0 Å². The van der Waals surface area contributed by atoms with Gasteiger partial charge < -0.3 is 5.73 Å². The SMILES string of the molecule is Cn1nc(-c2ccc(-c3ccccc3)cc2)nc1CN. The fraction of sp³-hybridized carbons (Fsp3) is 0.125. The van der Waals surface area contributed by atoms with Gasteiger partial charge in [0.25, 0.3) is 0 Å². The predicted octanol–water partition coefficient (Wildman–Crippen LogP) is 2.61. The van der Waals surface area contributed by atoms with Crippen LogP contribution in [-0.4, -0.2) is 14.8 Å². The Kier molecular flexibility index (Phi) is 3.31. The molecule has 3 aromatic rings. The Bertz CT molecular complexity index is 699. The van der Waals surface area contributed by atoms with Crippen molar-refractivity contribution in [3.05, 3.63) is 60.4 Å². The molecule has 4 heteroatoms. The van der Waals surface area contributed by atoms with Gasteiger partial charge in [-0.15, -0.1) is 0 Å². The highest BCUT2D eigenvalue weighted by Gasteiger charge is 2.08. The fourth-order valence-electron chi connectivity index (χ4n) is 2.16. The molecule has 0 spiro atoms. The summed E-state index contributed by atoms with van der Waals surface area (Å²) in [6.45, 7) is 0.394. The third-order valence-electron chi connectivity index (χ3n) is 3.29. The maximum absolute atomic E-state index is 5.62. The van der Waals surface area contributed by atoms with Crippen LogP contribution < -0.4 is 5.73 Å². The average Bonchev–Trinajstić information content (AvgIpc) is 2.89. The summed E-state index contributed by atoms with van der Waals surface area (Å²) < 4.78 is 1.72. The first-order valence-electron chi connectivity index (χ1n) is 6.54. The van der Waals surface area contributed by atoms with E-state index >= 15 is 0 Å². The van der Waals surface area contributed by atoms with Crippen LogP contribution in [-0.2, 0) is 13.6 Å². The summed E-state index contributed by atoms with van der Waals surface area (Å²) in [5.41, 5.74) is 9.01. The minimum Gasteiger partial charge on any atom is -0.324 e. The van der Waals surface area contributed by atoms with Gasteiger partial charge in [0.1, 0.15) is 5.82 Å². The topological polar surface area (TPSA) is 56.7 Å². The van der Waals surface area contributed by atoms with Crippen LogP contribution in [0.5, 0.6) is 0 Å². The molecule has 2 aromatic carbocycles. The normalized spacial score (nSPS) is 10.7. The molecule has 0 aliphatic heterocycles. The molecule has 2 N–H and O–H groups in total. The highest BCUT2D eigenvalue weighted by Crippen LogP contribution is 2.22. The minimum atomic E-state index is 0.394. The Labute approximate surface area is 117 Å². The molecule has 1 aromatic heterocycles. The van der Waals surface area contributed by atoms with Gasteiger partial charge in [-0.25, -0.2) is 4.98 Å². The molecule has 3 rings (SSSR count). The molecule has 0 fully saturated rings. The molecule has 0 aliphatic rings. The lowest BCUT2D eigenvalue weighted by molar-refractivity contribution is 0.703. The number of benzene rings is 2. The zero-order chi connectivity index (χ0) is 13.9. The Morgan fingerprint density at radius 2 is 1.50 bits per heavy atom. The number of hydrogen-bond donors (Lipinski definition) is 1. The molecule has 0 aliphatic carbocycles. The van der Waals surface area contributed by atoms with Crippen molar-refractivity contribution < 1.29 is 0 Å². The van der Waals surface area contributed by atoms with Crippen LogP contribution >= 0.6 is 0 Å². The third kappa shape index (κ3) is 2.33. The van der Waals surface area contributed by atoms with Crippen LogP contribution in [0.3, 0.4) is 0 Å². The van der Waals surface area contributed by atoms with E-state index in [2.05, 4.69) is 34.3 Å². The van der Waals surface area contributed by atoms with Gasteiger partial charge in [0.2, 0.25) is 0 Å². The van der Waals surface area contributed by atoms with E-state index in [9.17, 15) is 0 Å². The minimum absolute atomic E-state index is 0.394. The summed E-state index contributed by atoms with van der Waals surface area (Å²) in [4.78, 5) is 4.43. The molecular formula is C16H16N4. The highest BCUT2D eigenvalue weighted by molar-refractivity contribution is 5.67. The van der Waals surface area contributed by atoms with Gasteiger partial charge in [0, 0.05) is 12.6 Å². The molecule has 0 bridgehead atoms. The number of rotatable bonds is 3. The summed E-state index contributed by atoms with van der Waals surface area (Å²) in [6.07, 6.45) is 0. The molecular weight excluding hydrogens is 248 g/mol. The number of nitrogens with two attached hydrogens (primary N) is 1. The average molecular weight is 264 g/mol. The lowest BCUT2D eigenvalue weighted by Gasteiger charge is -2.02. The van der Waals surface area contributed by atoms with Crippen LogP contribution in [0, 0.1) is 0 Å². The first-order valence-corrected chi connectivity index (χ1v) is 6.54. The zero-order valence-corrected chi connectivity index (χ0v) is 11.3. The molecule has 1 heterocycles. The number of aryl methyl sites for hydroxylation is 1. The second-order valence-electron chi connectivity index (χ2n) is 4.62. The molecule has 0 radical (unpaired) electrons. The molecule has 20 heavy (non-hydrogen) atoms. The number of aromatic nitrogens is 3.